The van der Waals surface area contributed by atoms with Gasteiger partial charge in [0.05, 0.1) is 28.6 Å². The first kappa shape index (κ1) is 19.6. The lowest BCUT2D eigenvalue weighted by atomic mass is 10.1. The second-order valence-corrected chi connectivity index (χ2v) is 7.00. The molecular formula is C18H17Cl2NO3S. The fourth-order valence-electron chi connectivity index (χ4n) is 2.15. The number of benzene rings is 2. The molecule has 0 unspecified atom stereocenters. The maximum atomic E-state index is 12.1. The van der Waals surface area contributed by atoms with Crippen molar-refractivity contribution in [1.29, 1.82) is 0 Å². The maximum Gasteiger partial charge on any atom is 0.234 e. The van der Waals surface area contributed by atoms with Crippen molar-refractivity contribution in [2.75, 3.05) is 18.2 Å². The third kappa shape index (κ3) is 5.39. The standard InChI is InChI=1S/C18H17Cl2NO3S/c1-11(22)12-6-7-16(24-2)13(8-12)9-25-10-17(23)21-15-5-3-4-14(19)18(15)20/h3-8H,9-10H2,1-2H3,(H,21,23). The van der Waals surface area contributed by atoms with Gasteiger partial charge in [-0.3, -0.25) is 9.59 Å². The zero-order valence-corrected chi connectivity index (χ0v) is 16.1. The minimum Gasteiger partial charge on any atom is -0.496 e. The van der Waals surface area contributed by atoms with Gasteiger partial charge in [-0.1, -0.05) is 29.3 Å². The minimum atomic E-state index is -0.184. The molecule has 0 saturated heterocycles. The van der Waals surface area contributed by atoms with Crippen LogP contribution in [0.3, 0.4) is 0 Å². The van der Waals surface area contributed by atoms with Crippen LogP contribution in [0.5, 0.6) is 5.75 Å². The molecule has 0 radical (unpaired) electrons. The highest BCUT2D eigenvalue weighted by Gasteiger charge is 2.11. The summed E-state index contributed by atoms with van der Waals surface area (Å²) < 4.78 is 5.30. The van der Waals surface area contributed by atoms with Crippen LogP contribution in [0, 0.1) is 0 Å². The van der Waals surface area contributed by atoms with E-state index in [0.29, 0.717) is 32.8 Å². The van der Waals surface area contributed by atoms with Crippen molar-refractivity contribution in [3.63, 3.8) is 0 Å². The highest BCUT2D eigenvalue weighted by Crippen LogP contribution is 2.30. The number of methoxy groups -OCH3 is 1. The monoisotopic (exact) mass is 397 g/mol. The summed E-state index contributed by atoms with van der Waals surface area (Å²) in [5.74, 6) is 1.27. The van der Waals surface area contributed by atoms with Crippen molar-refractivity contribution in [1.82, 2.24) is 0 Å². The lowest BCUT2D eigenvalue weighted by Gasteiger charge is -2.10. The van der Waals surface area contributed by atoms with Crippen LogP contribution in [0.4, 0.5) is 5.69 Å². The predicted molar refractivity (Wildman–Crippen MR) is 104 cm³/mol. The SMILES string of the molecule is COc1ccc(C(C)=O)cc1CSCC(=O)Nc1cccc(Cl)c1Cl. The highest BCUT2D eigenvalue weighted by atomic mass is 35.5. The van der Waals surface area contributed by atoms with Gasteiger partial charge in [0.2, 0.25) is 5.91 Å². The van der Waals surface area contributed by atoms with Crippen molar-refractivity contribution >= 4 is 52.3 Å². The molecule has 4 nitrogen and oxygen atoms in total. The van der Waals surface area contributed by atoms with Crippen molar-refractivity contribution in [2.45, 2.75) is 12.7 Å². The predicted octanol–water partition coefficient (Wildman–Crippen LogP) is 5.08. The molecule has 1 N–H and O–H groups in total. The van der Waals surface area contributed by atoms with Crippen molar-refractivity contribution in [2.24, 2.45) is 0 Å². The average molecular weight is 398 g/mol. The van der Waals surface area contributed by atoms with E-state index in [1.165, 1.54) is 18.7 Å². The third-order valence-corrected chi connectivity index (χ3v) is 5.20. The number of carbonyl (C=O) groups is 2. The van der Waals surface area contributed by atoms with E-state index in [-0.39, 0.29) is 17.4 Å². The van der Waals surface area contributed by atoms with Gasteiger partial charge in [0, 0.05) is 16.9 Å². The van der Waals surface area contributed by atoms with Crippen LogP contribution < -0.4 is 10.1 Å². The summed E-state index contributed by atoms with van der Waals surface area (Å²) >= 11 is 13.4. The van der Waals surface area contributed by atoms with Gasteiger partial charge in [-0.25, -0.2) is 0 Å². The van der Waals surface area contributed by atoms with Crippen LogP contribution in [0.25, 0.3) is 0 Å². The number of anilines is 1. The molecule has 0 bridgehead atoms. The molecule has 7 heteroatoms. The smallest absolute Gasteiger partial charge is 0.234 e. The van der Waals surface area contributed by atoms with Gasteiger partial charge in [0.1, 0.15) is 5.75 Å². The van der Waals surface area contributed by atoms with Crippen LogP contribution in [-0.4, -0.2) is 24.6 Å². The number of amides is 1. The van der Waals surface area contributed by atoms with Gasteiger partial charge in [-0.15, -0.1) is 11.8 Å². The summed E-state index contributed by atoms with van der Waals surface area (Å²) in [5.41, 5.74) is 1.97. The molecule has 0 fully saturated rings. The summed E-state index contributed by atoms with van der Waals surface area (Å²) in [6, 6.07) is 10.3. The van der Waals surface area contributed by atoms with Gasteiger partial charge in [0.25, 0.3) is 0 Å². The molecule has 0 aromatic heterocycles. The summed E-state index contributed by atoms with van der Waals surface area (Å²) in [6.07, 6.45) is 0. The summed E-state index contributed by atoms with van der Waals surface area (Å²) in [4.78, 5) is 23.6. The Morgan fingerprint density at radius 1 is 1.20 bits per heavy atom. The lowest BCUT2D eigenvalue weighted by Crippen LogP contribution is -2.14. The molecule has 0 spiro atoms. The van der Waals surface area contributed by atoms with E-state index in [9.17, 15) is 9.59 Å². The lowest BCUT2D eigenvalue weighted by molar-refractivity contribution is -0.113. The van der Waals surface area contributed by atoms with Crippen LogP contribution in [0.2, 0.25) is 10.0 Å². The molecule has 0 atom stereocenters. The number of hydrogen-bond acceptors (Lipinski definition) is 4. The van der Waals surface area contributed by atoms with E-state index in [4.69, 9.17) is 27.9 Å². The molecule has 0 saturated carbocycles. The van der Waals surface area contributed by atoms with Gasteiger partial charge in [0.15, 0.2) is 5.78 Å². The minimum absolute atomic E-state index is 0.0118. The number of nitrogens with one attached hydrogen (secondary N) is 1. The number of ether oxygens (including phenoxy) is 1. The Hall–Kier alpha value is -1.69. The topological polar surface area (TPSA) is 55.4 Å². The fourth-order valence-corrected chi connectivity index (χ4v) is 3.30. The molecule has 2 aromatic carbocycles. The summed E-state index contributed by atoms with van der Waals surface area (Å²) in [7, 11) is 1.57. The summed E-state index contributed by atoms with van der Waals surface area (Å²) in [6.45, 7) is 1.51. The Kier molecular flexibility index (Phi) is 7.17. The highest BCUT2D eigenvalue weighted by molar-refractivity contribution is 7.99. The molecule has 0 aliphatic rings. The first-order chi connectivity index (χ1) is 11.9. The maximum absolute atomic E-state index is 12.1. The Balaban J connectivity index is 1.96. The number of hydrogen-bond donors (Lipinski definition) is 1. The Morgan fingerprint density at radius 3 is 2.64 bits per heavy atom. The molecule has 1 amide bonds. The number of rotatable bonds is 7. The molecule has 0 aliphatic carbocycles. The Bertz CT molecular complexity index is 796. The van der Waals surface area contributed by atoms with Crippen molar-refractivity contribution in [3.05, 3.63) is 57.6 Å². The fraction of sp³-hybridized carbons (Fsp3) is 0.222. The van der Waals surface area contributed by atoms with Crippen LogP contribution >= 0.6 is 35.0 Å². The average Bonchev–Trinajstić information content (AvgIpc) is 2.58. The van der Waals surface area contributed by atoms with Gasteiger partial charge < -0.3 is 10.1 Å². The molecular weight excluding hydrogens is 381 g/mol. The Labute approximate surface area is 160 Å². The quantitative estimate of drug-likeness (QED) is 0.661. The number of carbonyl (C=O) groups excluding carboxylic acids is 2. The Morgan fingerprint density at radius 2 is 1.96 bits per heavy atom. The second-order valence-electron chi connectivity index (χ2n) is 5.23. The molecule has 0 heterocycles. The van der Waals surface area contributed by atoms with E-state index < -0.39 is 0 Å². The number of Topliss-reactive ketones (excluding diaryl/α,β-unsaturated/α-hetero) is 1. The van der Waals surface area contributed by atoms with E-state index in [0.717, 1.165) is 5.56 Å². The second kappa shape index (κ2) is 9.13. The third-order valence-electron chi connectivity index (χ3n) is 3.40. The van der Waals surface area contributed by atoms with Gasteiger partial charge in [-0.2, -0.15) is 0 Å². The largest absolute Gasteiger partial charge is 0.496 e. The molecule has 132 valence electrons. The van der Waals surface area contributed by atoms with Crippen LogP contribution in [0.1, 0.15) is 22.8 Å². The molecule has 2 rings (SSSR count). The number of ketones is 1. The zero-order valence-electron chi connectivity index (χ0n) is 13.8. The normalized spacial score (nSPS) is 10.4. The van der Waals surface area contributed by atoms with E-state index in [1.54, 1.807) is 43.5 Å². The van der Waals surface area contributed by atoms with Crippen LogP contribution in [0.15, 0.2) is 36.4 Å². The van der Waals surface area contributed by atoms with Gasteiger partial charge >= 0.3 is 0 Å². The van der Waals surface area contributed by atoms with Gasteiger partial charge in [-0.05, 0) is 37.3 Å². The van der Waals surface area contributed by atoms with Crippen molar-refractivity contribution < 1.29 is 14.3 Å². The molecule has 2 aromatic rings. The number of halogens is 2. The first-order valence-electron chi connectivity index (χ1n) is 7.42. The zero-order chi connectivity index (χ0) is 18.4. The van der Waals surface area contributed by atoms with E-state index in [2.05, 4.69) is 5.32 Å². The summed E-state index contributed by atoms with van der Waals surface area (Å²) in [5, 5.41) is 3.44. The molecule has 25 heavy (non-hydrogen) atoms. The molecule has 0 aliphatic heterocycles. The number of thioether (sulfide) groups is 1. The van der Waals surface area contributed by atoms with Crippen molar-refractivity contribution in [3.8, 4) is 5.75 Å². The van der Waals surface area contributed by atoms with E-state index in [1.807, 2.05) is 0 Å². The van der Waals surface area contributed by atoms with E-state index >= 15 is 0 Å². The first-order valence-corrected chi connectivity index (χ1v) is 9.33. The van der Waals surface area contributed by atoms with Crippen LogP contribution in [-0.2, 0) is 10.5 Å².